The number of nitrogens with one attached hydrogen (secondary N) is 1. The zero-order valence-electron chi connectivity index (χ0n) is 17.4. The Hall–Kier alpha value is -2.76. The molecule has 1 aromatic heterocycles. The van der Waals surface area contributed by atoms with Gasteiger partial charge in [-0.2, -0.15) is 0 Å². The Balaban J connectivity index is 1.45. The van der Waals surface area contributed by atoms with Crippen LogP contribution in [0.1, 0.15) is 76.5 Å². The van der Waals surface area contributed by atoms with Crippen LogP contribution in [0, 0.1) is 12.7 Å². The van der Waals surface area contributed by atoms with Crippen LogP contribution in [-0.2, 0) is 0 Å². The van der Waals surface area contributed by atoms with Crippen molar-refractivity contribution in [2.45, 2.75) is 57.4 Å². The third-order valence-electron chi connectivity index (χ3n) is 6.26. The number of benzene rings is 1. The van der Waals surface area contributed by atoms with Gasteiger partial charge in [0.15, 0.2) is 0 Å². The average molecular weight is 410 g/mol. The molecule has 2 heterocycles. The summed E-state index contributed by atoms with van der Waals surface area (Å²) in [6.45, 7) is 3.13. The van der Waals surface area contributed by atoms with Crippen molar-refractivity contribution in [2.24, 2.45) is 0 Å². The number of halogens is 1. The molecule has 2 fully saturated rings. The van der Waals surface area contributed by atoms with E-state index < -0.39 is 0 Å². The number of piperidine rings is 1. The summed E-state index contributed by atoms with van der Waals surface area (Å²) >= 11 is 0. The van der Waals surface area contributed by atoms with Crippen molar-refractivity contribution in [2.75, 3.05) is 13.1 Å². The van der Waals surface area contributed by atoms with Crippen molar-refractivity contribution in [3.8, 4) is 0 Å². The Morgan fingerprint density at radius 1 is 1.00 bits per heavy atom. The highest BCUT2D eigenvalue weighted by Gasteiger charge is 2.29. The minimum atomic E-state index is -0.348. The Labute approximate surface area is 176 Å². The Bertz CT molecular complexity index is 915. The Kier molecular flexibility index (Phi) is 6.11. The second-order valence-electron chi connectivity index (χ2n) is 8.41. The highest BCUT2D eigenvalue weighted by molar-refractivity contribution is 5.96. The average Bonchev–Trinajstić information content (AvgIpc) is 3.27. The van der Waals surface area contributed by atoms with E-state index in [0.29, 0.717) is 24.2 Å². The molecule has 158 valence electrons. The summed E-state index contributed by atoms with van der Waals surface area (Å²) < 4.78 is 13.1. The molecule has 6 heteroatoms. The summed E-state index contributed by atoms with van der Waals surface area (Å²) in [7, 11) is 0. The number of aromatic nitrogens is 1. The normalized spacial score (nSPS) is 17.9. The third-order valence-corrected chi connectivity index (χ3v) is 6.26. The van der Waals surface area contributed by atoms with Crippen LogP contribution in [0.25, 0.3) is 0 Å². The molecule has 0 radical (unpaired) electrons. The van der Waals surface area contributed by atoms with E-state index in [1.165, 1.54) is 37.1 Å². The highest BCUT2D eigenvalue weighted by atomic mass is 19.1. The van der Waals surface area contributed by atoms with E-state index in [4.69, 9.17) is 4.98 Å². The van der Waals surface area contributed by atoms with Crippen LogP contribution in [0.4, 0.5) is 4.39 Å². The van der Waals surface area contributed by atoms with E-state index in [2.05, 4.69) is 5.32 Å². The van der Waals surface area contributed by atoms with Crippen LogP contribution in [0.3, 0.4) is 0 Å². The molecule has 1 N–H and O–H groups in total. The number of likely N-dealkylation sites (tertiary alicyclic amines) is 1. The van der Waals surface area contributed by atoms with Gasteiger partial charge in [0, 0.05) is 36.3 Å². The maximum atomic E-state index is 13.1. The number of amides is 2. The molecular formula is C24H28FN3O2. The van der Waals surface area contributed by atoms with Gasteiger partial charge in [0.05, 0.1) is 11.3 Å². The van der Waals surface area contributed by atoms with E-state index in [9.17, 15) is 14.0 Å². The number of carbonyl (C=O) groups is 2. The van der Waals surface area contributed by atoms with Crippen LogP contribution < -0.4 is 5.32 Å². The highest BCUT2D eigenvalue weighted by Crippen LogP contribution is 2.30. The fraction of sp³-hybridized carbons (Fsp3) is 0.458. The third kappa shape index (κ3) is 4.53. The number of hydrogen-bond donors (Lipinski definition) is 1. The first-order valence-corrected chi connectivity index (χ1v) is 10.8. The molecule has 1 saturated heterocycles. The predicted molar refractivity (Wildman–Crippen MR) is 113 cm³/mol. The summed E-state index contributed by atoms with van der Waals surface area (Å²) in [5.74, 6) is -0.315. The van der Waals surface area contributed by atoms with Gasteiger partial charge in [-0.15, -0.1) is 0 Å². The van der Waals surface area contributed by atoms with Crippen molar-refractivity contribution in [3.63, 3.8) is 0 Å². The molecule has 0 atom stereocenters. The van der Waals surface area contributed by atoms with Crippen molar-refractivity contribution in [1.29, 1.82) is 0 Å². The van der Waals surface area contributed by atoms with Crippen molar-refractivity contribution >= 4 is 11.8 Å². The fourth-order valence-corrected chi connectivity index (χ4v) is 4.54. The first-order chi connectivity index (χ1) is 14.5. The van der Waals surface area contributed by atoms with Crippen molar-refractivity contribution in [3.05, 3.63) is 64.7 Å². The van der Waals surface area contributed by atoms with E-state index in [-0.39, 0.29) is 29.6 Å². The maximum Gasteiger partial charge on any atom is 0.253 e. The van der Waals surface area contributed by atoms with Crippen LogP contribution in [-0.4, -0.2) is 40.8 Å². The molecule has 0 spiro atoms. The summed E-state index contributed by atoms with van der Waals surface area (Å²) in [4.78, 5) is 32.1. The molecule has 2 aliphatic rings. The molecule has 1 aliphatic heterocycles. The lowest BCUT2D eigenvalue weighted by Crippen LogP contribution is -2.39. The zero-order valence-corrected chi connectivity index (χ0v) is 17.4. The first-order valence-electron chi connectivity index (χ1n) is 10.8. The first kappa shape index (κ1) is 20.5. The zero-order chi connectivity index (χ0) is 21.1. The topological polar surface area (TPSA) is 62.3 Å². The maximum absolute atomic E-state index is 13.1. The van der Waals surface area contributed by atoms with Gasteiger partial charge in [0.2, 0.25) is 0 Å². The quantitative estimate of drug-likeness (QED) is 0.822. The molecule has 0 unspecified atom stereocenters. The Morgan fingerprint density at radius 2 is 1.67 bits per heavy atom. The van der Waals surface area contributed by atoms with Crippen LogP contribution in [0.5, 0.6) is 0 Å². The largest absolute Gasteiger partial charge is 0.349 e. The number of aryl methyl sites for hydroxylation is 1. The van der Waals surface area contributed by atoms with Crippen LogP contribution in [0.15, 0.2) is 36.4 Å². The molecule has 0 bridgehead atoms. The fourth-order valence-electron chi connectivity index (χ4n) is 4.54. The van der Waals surface area contributed by atoms with Gasteiger partial charge in [-0.1, -0.05) is 12.8 Å². The van der Waals surface area contributed by atoms with E-state index in [1.807, 2.05) is 19.1 Å². The van der Waals surface area contributed by atoms with Gasteiger partial charge in [-0.25, -0.2) is 4.39 Å². The van der Waals surface area contributed by atoms with Gasteiger partial charge >= 0.3 is 0 Å². The summed E-state index contributed by atoms with van der Waals surface area (Å²) in [6.07, 6.45) is 5.95. The van der Waals surface area contributed by atoms with Crippen LogP contribution >= 0.6 is 0 Å². The SMILES string of the molecule is Cc1ccc(C(=O)NC2CCCC2)c(C2CCN(C(=O)c3ccc(F)cc3)CC2)n1. The lowest BCUT2D eigenvalue weighted by molar-refractivity contribution is 0.0710. The van der Waals surface area contributed by atoms with E-state index >= 15 is 0 Å². The predicted octanol–water partition coefficient (Wildman–Crippen LogP) is 4.22. The number of rotatable bonds is 4. The lowest BCUT2D eigenvalue weighted by atomic mass is 9.89. The van der Waals surface area contributed by atoms with Gasteiger partial charge in [-0.3, -0.25) is 14.6 Å². The van der Waals surface area contributed by atoms with Gasteiger partial charge in [-0.05, 0) is 69.0 Å². The van der Waals surface area contributed by atoms with Crippen molar-refractivity contribution in [1.82, 2.24) is 15.2 Å². The van der Waals surface area contributed by atoms with Crippen LogP contribution in [0.2, 0.25) is 0 Å². The minimum absolute atomic E-state index is 0.0331. The van der Waals surface area contributed by atoms with Gasteiger partial charge < -0.3 is 10.2 Å². The van der Waals surface area contributed by atoms with Gasteiger partial charge in [0.25, 0.3) is 11.8 Å². The summed E-state index contributed by atoms with van der Waals surface area (Å²) in [5, 5.41) is 3.17. The molecule has 1 aliphatic carbocycles. The second kappa shape index (κ2) is 8.94. The molecule has 2 amide bonds. The number of hydrogen-bond acceptors (Lipinski definition) is 3. The van der Waals surface area contributed by atoms with Gasteiger partial charge in [0.1, 0.15) is 5.82 Å². The Morgan fingerprint density at radius 3 is 2.33 bits per heavy atom. The van der Waals surface area contributed by atoms with E-state index in [1.54, 1.807) is 4.90 Å². The molecule has 4 rings (SSSR count). The minimum Gasteiger partial charge on any atom is -0.349 e. The monoisotopic (exact) mass is 409 g/mol. The molecule has 1 aromatic carbocycles. The summed E-state index contributed by atoms with van der Waals surface area (Å²) in [6, 6.07) is 9.71. The standard InChI is InChI=1S/C24H28FN3O2/c1-16-6-11-21(23(29)27-20-4-2-3-5-20)22(26-16)17-12-14-28(15-13-17)24(30)18-7-9-19(25)10-8-18/h6-11,17,20H,2-5,12-15H2,1H3,(H,27,29). The van der Waals surface area contributed by atoms with E-state index in [0.717, 1.165) is 37.1 Å². The number of nitrogens with zero attached hydrogens (tertiary/aromatic N) is 2. The molecule has 1 saturated carbocycles. The molecule has 2 aromatic rings. The number of carbonyl (C=O) groups excluding carboxylic acids is 2. The molecule has 30 heavy (non-hydrogen) atoms. The number of pyridine rings is 1. The van der Waals surface area contributed by atoms with Crippen molar-refractivity contribution < 1.29 is 14.0 Å². The smallest absolute Gasteiger partial charge is 0.253 e. The molecule has 5 nitrogen and oxygen atoms in total. The summed E-state index contributed by atoms with van der Waals surface area (Å²) in [5.41, 5.74) is 2.91. The lowest BCUT2D eigenvalue weighted by Gasteiger charge is -2.32. The molecular weight excluding hydrogens is 381 g/mol. The second-order valence-corrected chi connectivity index (χ2v) is 8.41.